The first-order valence-electron chi connectivity index (χ1n) is 6.73. The van der Waals surface area contributed by atoms with E-state index in [1.54, 1.807) is 19.4 Å². The van der Waals surface area contributed by atoms with Crippen LogP contribution in [-0.2, 0) is 0 Å². The fraction of sp³-hybridized carbons (Fsp3) is 0.400. The van der Waals surface area contributed by atoms with Gasteiger partial charge in [-0.15, -0.1) is 0 Å². The van der Waals surface area contributed by atoms with E-state index in [1.807, 2.05) is 23.9 Å². The largest absolute Gasteiger partial charge is 0.496 e. The van der Waals surface area contributed by atoms with Gasteiger partial charge in [-0.1, -0.05) is 29.3 Å². The van der Waals surface area contributed by atoms with Gasteiger partial charge in [0.05, 0.1) is 30.1 Å². The van der Waals surface area contributed by atoms with Crippen molar-refractivity contribution >= 4 is 23.2 Å². The number of ether oxygens (including phenoxy) is 1. The van der Waals surface area contributed by atoms with E-state index in [9.17, 15) is 0 Å². The zero-order valence-corrected chi connectivity index (χ0v) is 14.0. The molecular weight excluding hydrogens is 309 g/mol. The van der Waals surface area contributed by atoms with Crippen LogP contribution in [0.25, 0.3) is 0 Å². The van der Waals surface area contributed by atoms with E-state index in [-0.39, 0.29) is 12.1 Å². The Bertz CT molecular complexity index is 625. The molecule has 1 aromatic heterocycles. The molecule has 0 spiro atoms. The summed E-state index contributed by atoms with van der Waals surface area (Å²) in [5, 5.41) is 8.90. The van der Waals surface area contributed by atoms with Gasteiger partial charge in [-0.05, 0) is 33.0 Å². The zero-order valence-electron chi connectivity index (χ0n) is 12.5. The molecule has 0 aliphatic heterocycles. The molecular formula is C15H19Cl2N3O. The Labute approximate surface area is 135 Å². The van der Waals surface area contributed by atoms with Gasteiger partial charge in [0, 0.05) is 16.6 Å². The van der Waals surface area contributed by atoms with Crippen LogP contribution in [0.4, 0.5) is 0 Å². The van der Waals surface area contributed by atoms with Crippen molar-refractivity contribution in [3.8, 4) is 5.75 Å². The molecule has 0 radical (unpaired) electrons. The van der Waals surface area contributed by atoms with Gasteiger partial charge in [0.1, 0.15) is 5.75 Å². The third-order valence-corrected chi connectivity index (χ3v) is 3.87. The SMILES string of the molecule is CNC(c1ccc(Cl)cc1OC)c1c(Cl)cnn1C(C)C. The molecule has 1 N–H and O–H groups in total. The highest BCUT2D eigenvalue weighted by molar-refractivity contribution is 6.31. The molecule has 0 aliphatic rings. The van der Waals surface area contributed by atoms with Crippen LogP contribution in [0, 0.1) is 0 Å². The van der Waals surface area contributed by atoms with Crippen LogP contribution >= 0.6 is 23.2 Å². The lowest BCUT2D eigenvalue weighted by molar-refractivity contribution is 0.402. The molecule has 0 aliphatic carbocycles. The first kappa shape index (κ1) is 16.1. The van der Waals surface area contributed by atoms with E-state index < -0.39 is 0 Å². The van der Waals surface area contributed by atoms with E-state index in [0.29, 0.717) is 10.0 Å². The molecule has 2 rings (SSSR count). The lowest BCUT2D eigenvalue weighted by atomic mass is 10.0. The number of methoxy groups -OCH3 is 1. The van der Waals surface area contributed by atoms with Crippen molar-refractivity contribution < 1.29 is 4.74 Å². The van der Waals surface area contributed by atoms with Crippen LogP contribution in [0.5, 0.6) is 5.75 Å². The van der Waals surface area contributed by atoms with E-state index >= 15 is 0 Å². The molecule has 21 heavy (non-hydrogen) atoms. The maximum Gasteiger partial charge on any atom is 0.125 e. The van der Waals surface area contributed by atoms with Crippen LogP contribution in [0.15, 0.2) is 24.4 Å². The van der Waals surface area contributed by atoms with Crippen molar-refractivity contribution in [1.29, 1.82) is 0 Å². The Morgan fingerprint density at radius 2 is 2.00 bits per heavy atom. The Morgan fingerprint density at radius 1 is 1.29 bits per heavy atom. The van der Waals surface area contributed by atoms with Gasteiger partial charge in [-0.2, -0.15) is 5.10 Å². The summed E-state index contributed by atoms with van der Waals surface area (Å²) >= 11 is 12.4. The fourth-order valence-corrected chi connectivity index (χ4v) is 2.80. The molecule has 0 saturated carbocycles. The summed E-state index contributed by atoms with van der Waals surface area (Å²) in [6.07, 6.45) is 1.67. The average Bonchev–Trinajstić information content (AvgIpc) is 2.83. The maximum atomic E-state index is 6.35. The van der Waals surface area contributed by atoms with Crippen LogP contribution in [0.2, 0.25) is 10.0 Å². The average molecular weight is 328 g/mol. The molecule has 0 fully saturated rings. The lowest BCUT2D eigenvalue weighted by Crippen LogP contribution is -2.23. The normalized spacial score (nSPS) is 12.7. The molecule has 1 heterocycles. The number of hydrogen-bond acceptors (Lipinski definition) is 3. The number of halogens is 2. The topological polar surface area (TPSA) is 39.1 Å². The van der Waals surface area contributed by atoms with Crippen LogP contribution in [0.3, 0.4) is 0 Å². The molecule has 1 unspecified atom stereocenters. The molecule has 4 nitrogen and oxygen atoms in total. The minimum Gasteiger partial charge on any atom is -0.496 e. The minimum absolute atomic E-state index is 0.130. The minimum atomic E-state index is -0.130. The van der Waals surface area contributed by atoms with Gasteiger partial charge in [-0.25, -0.2) is 0 Å². The van der Waals surface area contributed by atoms with Gasteiger partial charge < -0.3 is 10.1 Å². The van der Waals surface area contributed by atoms with Crippen LogP contribution in [0.1, 0.15) is 37.2 Å². The second-order valence-electron chi connectivity index (χ2n) is 5.02. The molecule has 114 valence electrons. The summed E-state index contributed by atoms with van der Waals surface area (Å²) in [5.74, 6) is 0.717. The second kappa shape index (κ2) is 6.69. The van der Waals surface area contributed by atoms with Crippen molar-refractivity contribution in [2.24, 2.45) is 0 Å². The number of nitrogens with zero attached hydrogens (tertiary/aromatic N) is 2. The first-order valence-corrected chi connectivity index (χ1v) is 7.48. The summed E-state index contributed by atoms with van der Waals surface area (Å²) in [6, 6.07) is 5.66. The standard InChI is InChI=1S/C15H19Cl2N3O/c1-9(2)20-15(12(17)8-19-20)14(18-3)11-6-5-10(16)7-13(11)21-4/h5-9,14,18H,1-4H3. The highest BCUT2D eigenvalue weighted by atomic mass is 35.5. The van der Waals surface area contributed by atoms with Crippen LogP contribution < -0.4 is 10.1 Å². The van der Waals surface area contributed by atoms with E-state index in [1.165, 1.54) is 0 Å². The number of aromatic nitrogens is 2. The summed E-state index contributed by atoms with van der Waals surface area (Å²) in [6.45, 7) is 4.14. The fourth-order valence-electron chi connectivity index (χ4n) is 2.40. The summed E-state index contributed by atoms with van der Waals surface area (Å²) in [4.78, 5) is 0. The predicted octanol–water partition coefficient (Wildman–Crippen LogP) is 4.09. The summed E-state index contributed by atoms with van der Waals surface area (Å²) in [5.41, 5.74) is 1.88. The lowest BCUT2D eigenvalue weighted by Gasteiger charge is -2.22. The van der Waals surface area contributed by atoms with E-state index in [2.05, 4.69) is 24.3 Å². The molecule has 1 aromatic carbocycles. The van der Waals surface area contributed by atoms with Crippen molar-refractivity contribution in [2.75, 3.05) is 14.2 Å². The van der Waals surface area contributed by atoms with Gasteiger partial charge in [0.15, 0.2) is 0 Å². The predicted molar refractivity (Wildman–Crippen MR) is 86.5 cm³/mol. The highest BCUT2D eigenvalue weighted by Crippen LogP contribution is 2.35. The Kier molecular flexibility index (Phi) is 5.14. The number of rotatable bonds is 5. The van der Waals surface area contributed by atoms with Crippen molar-refractivity contribution in [3.63, 3.8) is 0 Å². The molecule has 0 bridgehead atoms. The Balaban J connectivity index is 2.57. The molecule has 6 heteroatoms. The van der Waals surface area contributed by atoms with Crippen molar-refractivity contribution in [2.45, 2.75) is 25.9 Å². The van der Waals surface area contributed by atoms with Gasteiger partial charge in [0.2, 0.25) is 0 Å². The number of hydrogen-bond donors (Lipinski definition) is 1. The Morgan fingerprint density at radius 3 is 2.57 bits per heavy atom. The molecule has 2 aromatic rings. The van der Waals surface area contributed by atoms with Gasteiger partial charge >= 0.3 is 0 Å². The first-order chi connectivity index (χ1) is 9.99. The molecule has 0 amide bonds. The monoisotopic (exact) mass is 327 g/mol. The summed E-state index contributed by atoms with van der Waals surface area (Å²) in [7, 11) is 3.51. The number of benzene rings is 1. The maximum absolute atomic E-state index is 6.35. The second-order valence-corrected chi connectivity index (χ2v) is 5.87. The van der Waals surface area contributed by atoms with E-state index in [0.717, 1.165) is 17.0 Å². The zero-order chi connectivity index (χ0) is 15.6. The van der Waals surface area contributed by atoms with Crippen molar-refractivity contribution in [1.82, 2.24) is 15.1 Å². The third kappa shape index (κ3) is 3.18. The van der Waals surface area contributed by atoms with E-state index in [4.69, 9.17) is 27.9 Å². The molecule has 0 saturated heterocycles. The van der Waals surface area contributed by atoms with Crippen molar-refractivity contribution in [3.05, 3.63) is 45.7 Å². The highest BCUT2D eigenvalue weighted by Gasteiger charge is 2.24. The molecule has 1 atom stereocenters. The quantitative estimate of drug-likeness (QED) is 0.898. The Hall–Kier alpha value is -1.23. The smallest absolute Gasteiger partial charge is 0.125 e. The van der Waals surface area contributed by atoms with Gasteiger partial charge in [-0.3, -0.25) is 4.68 Å². The van der Waals surface area contributed by atoms with Gasteiger partial charge in [0.25, 0.3) is 0 Å². The number of nitrogens with one attached hydrogen (secondary N) is 1. The van der Waals surface area contributed by atoms with Crippen LogP contribution in [-0.4, -0.2) is 23.9 Å². The summed E-state index contributed by atoms with van der Waals surface area (Å²) < 4.78 is 7.36. The third-order valence-electron chi connectivity index (χ3n) is 3.34.